The van der Waals surface area contributed by atoms with Crippen molar-refractivity contribution in [2.75, 3.05) is 0 Å². The Balaban J connectivity index is 3.35. The molecule has 84 valence electrons. The minimum absolute atomic E-state index is 0.357. The third-order valence-electron chi connectivity index (χ3n) is 1.65. The van der Waals surface area contributed by atoms with Gasteiger partial charge < -0.3 is 5.11 Å². The van der Waals surface area contributed by atoms with Crippen LogP contribution in [0.4, 0.5) is 14.5 Å². The Bertz CT molecular complexity index is 485. The molecule has 1 N–H and O–H groups in total. The zero-order chi connectivity index (χ0) is 12.3. The number of carboxylic acid groups (broad SMARTS) is 1. The third kappa shape index (κ3) is 2.59. The first-order valence-corrected chi connectivity index (χ1v) is 3.96. The van der Waals surface area contributed by atoms with Crippen molar-refractivity contribution in [3.8, 4) is 0 Å². The van der Waals surface area contributed by atoms with Crippen molar-refractivity contribution >= 4 is 17.7 Å². The number of hydrogen-bond acceptors (Lipinski definition) is 3. The summed E-state index contributed by atoms with van der Waals surface area (Å²) >= 11 is 0. The predicted molar refractivity (Wildman–Crippen MR) is 49.7 cm³/mol. The summed E-state index contributed by atoms with van der Waals surface area (Å²) in [4.78, 5) is 19.6. The summed E-state index contributed by atoms with van der Waals surface area (Å²) in [7, 11) is 0. The molecule has 0 fully saturated rings. The van der Waals surface area contributed by atoms with E-state index in [0.717, 1.165) is 6.08 Å². The Labute approximate surface area is 87.8 Å². The van der Waals surface area contributed by atoms with Gasteiger partial charge in [-0.05, 0) is 12.1 Å². The Kier molecular flexibility index (Phi) is 3.29. The molecular weight excluding hydrogens is 224 g/mol. The molecular formula is C9H5F2NO4. The fourth-order valence-corrected chi connectivity index (χ4v) is 1.07. The van der Waals surface area contributed by atoms with Gasteiger partial charge in [0.25, 0.3) is 0 Å². The van der Waals surface area contributed by atoms with Gasteiger partial charge in [0, 0.05) is 12.1 Å². The van der Waals surface area contributed by atoms with Crippen molar-refractivity contribution in [2.24, 2.45) is 0 Å². The minimum Gasteiger partial charge on any atom is -0.478 e. The van der Waals surface area contributed by atoms with Crippen molar-refractivity contribution in [1.82, 2.24) is 0 Å². The van der Waals surface area contributed by atoms with E-state index in [2.05, 4.69) is 0 Å². The van der Waals surface area contributed by atoms with Crippen LogP contribution >= 0.6 is 0 Å². The Morgan fingerprint density at radius 3 is 2.56 bits per heavy atom. The second kappa shape index (κ2) is 4.47. The number of halogens is 2. The third-order valence-corrected chi connectivity index (χ3v) is 1.65. The van der Waals surface area contributed by atoms with Crippen molar-refractivity contribution in [3.63, 3.8) is 0 Å². The predicted octanol–water partition coefficient (Wildman–Crippen LogP) is 1.97. The van der Waals surface area contributed by atoms with Crippen LogP contribution in [0.15, 0.2) is 18.2 Å². The molecule has 16 heavy (non-hydrogen) atoms. The number of carbonyl (C=O) groups is 1. The normalized spacial score (nSPS) is 10.6. The topological polar surface area (TPSA) is 80.4 Å². The highest BCUT2D eigenvalue weighted by molar-refractivity contribution is 5.86. The number of nitro groups is 1. The molecule has 5 nitrogen and oxygen atoms in total. The molecule has 1 aromatic carbocycles. The summed E-state index contributed by atoms with van der Waals surface area (Å²) in [5, 5.41) is 18.8. The Morgan fingerprint density at radius 1 is 1.44 bits per heavy atom. The number of carboxylic acids is 1. The molecule has 0 aliphatic rings. The highest BCUT2D eigenvalue weighted by Crippen LogP contribution is 2.25. The molecule has 0 unspecified atom stereocenters. The lowest BCUT2D eigenvalue weighted by molar-refractivity contribution is -0.387. The molecule has 0 amide bonds. The van der Waals surface area contributed by atoms with Crippen LogP contribution in [0.5, 0.6) is 0 Å². The lowest BCUT2D eigenvalue weighted by Gasteiger charge is -1.99. The van der Waals surface area contributed by atoms with E-state index in [1.54, 1.807) is 0 Å². The van der Waals surface area contributed by atoms with E-state index in [1.807, 2.05) is 0 Å². The van der Waals surface area contributed by atoms with E-state index in [9.17, 15) is 23.7 Å². The first-order valence-electron chi connectivity index (χ1n) is 3.96. The molecule has 0 saturated carbocycles. The van der Waals surface area contributed by atoms with Crippen molar-refractivity contribution in [3.05, 3.63) is 45.5 Å². The van der Waals surface area contributed by atoms with Gasteiger partial charge in [0.2, 0.25) is 5.82 Å². The minimum atomic E-state index is -1.38. The maximum absolute atomic E-state index is 13.0. The van der Waals surface area contributed by atoms with E-state index in [-0.39, 0.29) is 0 Å². The molecule has 0 spiro atoms. The number of aliphatic carboxylic acids is 1. The van der Waals surface area contributed by atoms with Gasteiger partial charge in [-0.3, -0.25) is 10.1 Å². The average molecular weight is 229 g/mol. The summed E-state index contributed by atoms with van der Waals surface area (Å²) in [6, 6.07) is 1.04. The molecule has 0 radical (unpaired) electrons. The number of hydrogen-bond donors (Lipinski definition) is 1. The number of rotatable bonds is 3. The number of nitro benzene ring substituents is 1. The van der Waals surface area contributed by atoms with E-state index in [1.165, 1.54) is 0 Å². The van der Waals surface area contributed by atoms with Crippen LogP contribution in [0.1, 0.15) is 5.56 Å². The molecule has 0 bridgehead atoms. The van der Waals surface area contributed by atoms with Gasteiger partial charge in [-0.15, -0.1) is 0 Å². The van der Waals surface area contributed by atoms with Crippen LogP contribution in [0.2, 0.25) is 0 Å². The summed E-state index contributed by atoms with van der Waals surface area (Å²) in [5.41, 5.74) is -1.40. The van der Waals surface area contributed by atoms with Crippen LogP contribution in [0.3, 0.4) is 0 Å². The van der Waals surface area contributed by atoms with Crippen LogP contribution in [-0.4, -0.2) is 16.0 Å². The largest absolute Gasteiger partial charge is 0.478 e. The fraction of sp³-hybridized carbons (Fsp3) is 0. The lowest BCUT2D eigenvalue weighted by Crippen LogP contribution is -1.97. The monoisotopic (exact) mass is 229 g/mol. The van der Waals surface area contributed by atoms with Crippen LogP contribution in [0.25, 0.3) is 6.08 Å². The number of nitrogens with zero attached hydrogens (tertiary/aromatic N) is 1. The number of benzene rings is 1. The highest BCUT2D eigenvalue weighted by atomic mass is 19.1. The summed E-state index contributed by atoms with van der Waals surface area (Å²) in [5.74, 6) is -3.75. The summed E-state index contributed by atoms with van der Waals surface area (Å²) < 4.78 is 25.8. The second-order valence-corrected chi connectivity index (χ2v) is 2.75. The zero-order valence-corrected chi connectivity index (χ0v) is 7.68. The molecule has 7 heteroatoms. The standard InChI is InChI=1S/C9H5F2NO4/c10-6-3-5(1-2-8(13)14)9(12(15)16)7(11)4-6/h1-4H,(H,13,14). The maximum Gasteiger partial charge on any atom is 0.328 e. The molecule has 0 atom stereocenters. The quantitative estimate of drug-likeness (QED) is 0.488. The smallest absolute Gasteiger partial charge is 0.328 e. The SMILES string of the molecule is O=C(O)C=Cc1cc(F)cc(F)c1[N+](=O)[O-]. The van der Waals surface area contributed by atoms with Gasteiger partial charge in [-0.2, -0.15) is 4.39 Å². The van der Waals surface area contributed by atoms with Gasteiger partial charge in [0.05, 0.1) is 10.5 Å². The maximum atomic E-state index is 13.0. The Hall–Kier alpha value is -2.31. The summed E-state index contributed by atoms with van der Waals surface area (Å²) in [6.07, 6.45) is 1.31. The van der Waals surface area contributed by atoms with Crippen LogP contribution < -0.4 is 0 Å². The first-order chi connectivity index (χ1) is 7.41. The Morgan fingerprint density at radius 2 is 2.06 bits per heavy atom. The van der Waals surface area contributed by atoms with Gasteiger partial charge >= 0.3 is 11.7 Å². The highest BCUT2D eigenvalue weighted by Gasteiger charge is 2.20. The van der Waals surface area contributed by atoms with Crippen molar-refractivity contribution in [2.45, 2.75) is 0 Å². The van der Waals surface area contributed by atoms with E-state index in [4.69, 9.17) is 5.11 Å². The molecule has 1 rings (SSSR count). The van der Waals surface area contributed by atoms with E-state index < -0.39 is 33.8 Å². The first kappa shape index (κ1) is 11.8. The summed E-state index contributed by atoms with van der Waals surface area (Å²) in [6.45, 7) is 0. The van der Waals surface area contributed by atoms with E-state index in [0.29, 0.717) is 18.2 Å². The van der Waals surface area contributed by atoms with E-state index >= 15 is 0 Å². The molecule has 0 aliphatic heterocycles. The van der Waals surface area contributed by atoms with Crippen LogP contribution in [0, 0.1) is 21.7 Å². The van der Waals surface area contributed by atoms with Gasteiger partial charge in [-0.1, -0.05) is 0 Å². The molecule has 0 aliphatic carbocycles. The van der Waals surface area contributed by atoms with Gasteiger partial charge in [-0.25, -0.2) is 9.18 Å². The molecule has 0 heterocycles. The molecule has 1 aromatic rings. The average Bonchev–Trinajstić information content (AvgIpc) is 2.12. The zero-order valence-electron chi connectivity index (χ0n) is 7.68. The molecule has 0 aromatic heterocycles. The van der Waals surface area contributed by atoms with Gasteiger partial charge in [0.1, 0.15) is 5.82 Å². The molecule has 0 saturated heterocycles. The van der Waals surface area contributed by atoms with Crippen molar-refractivity contribution < 1.29 is 23.6 Å². The lowest BCUT2D eigenvalue weighted by atomic mass is 10.1. The second-order valence-electron chi connectivity index (χ2n) is 2.75. The fourth-order valence-electron chi connectivity index (χ4n) is 1.07. The van der Waals surface area contributed by atoms with Crippen LogP contribution in [-0.2, 0) is 4.79 Å². The van der Waals surface area contributed by atoms with Crippen molar-refractivity contribution in [1.29, 1.82) is 0 Å². The van der Waals surface area contributed by atoms with Gasteiger partial charge in [0.15, 0.2) is 0 Å².